The number of hydrogen-bond donors (Lipinski definition) is 3. The maximum Gasteiger partial charge on any atom is 0.405 e. The quantitative estimate of drug-likeness (QED) is 0.634. The first-order valence-electron chi connectivity index (χ1n) is 10.8. The van der Waals surface area contributed by atoms with Gasteiger partial charge < -0.3 is 25.5 Å². The highest BCUT2D eigenvalue weighted by atomic mass is 35.5. The van der Waals surface area contributed by atoms with E-state index in [2.05, 4.69) is 10.6 Å². The Balaban J connectivity index is 0.00000306. The molecule has 3 N–H and O–H groups in total. The van der Waals surface area contributed by atoms with Crippen LogP contribution in [0.1, 0.15) is 37.4 Å². The Kier molecular flexibility index (Phi) is 7.61. The number of carbonyl (C=O) groups is 3. The SMILES string of the molecule is CC(=O)N1c2ccc(-c3ccc(CN4CCNCC4=O)cc3)cc2[C@H](NC(=O)O)C[C@@H]1C.Cl. The molecule has 4 rings (SSSR count). The standard InChI is InChI=1S/C24H28N4O4.ClH/c1-15-11-21(26-24(31)32)20-12-19(7-8-22(20)28(15)16(2)29)18-5-3-17(4-6-18)14-27-10-9-25-13-23(27)30;/h3-8,12,15,21,25-26H,9-11,13-14H2,1-2H3,(H,31,32);1H/t15-,21+;/m0./s1. The van der Waals surface area contributed by atoms with E-state index in [1.165, 1.54) is 6.92 Å². The molecule has 3 amide bonds. The summed E-state index contributed by atoms with van der Waals surface area (Å²) in [7, 11) is 0. The lowest BCUT2D eigenvalue weighted by molar-refractivity contribution is -0.132. The molecule has 1 fully saturated rings. The minimum Gasteiger partial charge on any atom is -0.465 e. The summed E-state index contributed by atoms with van der Waals surface area (Å²) in [6.45, 7) is 5.93. The van der Waals surface area contributed by atoms with Gasteiger partial charge in [-0.3, -0.25) is 9.59 Å². The third-order valence-corrected chi connectivity index (χ3v) is 6.17. The van der Waals surface area contributed by atoms with Gasteiger partial charge in [0.2, 0.25) is 11.8 Å². The Morgan fingerprint density at radius 1 is 1.15 bits per heavy atom. The average molecular weight is 473 g/mol. The number of hydrogen-bond acceptors (Lipinski definition) is 4. The van der Waals surface area contributed by atoms with Gasteiger partial charge in [0, 0.05) is 38.3 Å². The van der Waals surface area contributed by atoms with Crippen LogP contribution in [0, 0.1) is 0 Å². The summed E-state index contributed by atoms with van der Waals surface area (Å²) in [5.74, 6) is 0.0447. The van der Waals surface area contributed by atoms with Crippen LogP contribution >= 0.6 is 12.4 Å². The van der Waals surface area contributed by atoms with Crippen LogP contribution in [0.25, 0.3) is 11.1 Å². The van der Waals surface area contributed by atoms with E-state index in [9.17, 15) is 19.5 Å². The zero-order chi connectivity index (χ0) is 22.8. The van der Waals surface area contributed by atoms with Gasteiger partial charge in [-0.2, -0.15) is 0 Å². The number of nitrogens with one attached hydrogen (secondary N) is 2. The number of piperazine rings is 1. The van der Waals surface area contributed by atoms with Gasteiger partial charge in [-0.25, -0.2) is 4.79 Å². The van der Waals surface area contributed by atoms with E-state index in [-0.39, 0.29) is 36.3 Å². The maximum atomic E-state index is 12.2. The highest BCUT2D eigenvalue weighted by Gasteiger charge is 2.33. The lowest BCUT2D eigenvalue weighted by Crippen LogP contribution is -2.47. The first kappa shape index (κ1) is 24.5. The number of fused-ring (bicyclic) bond motifs is 1. The fourth-order valence-corrected chi connectivity index (χ4v) is 4.65. The molecule has 0 radical (unpaired) electrons. The number of amides is 3. The molecule has 8 nitrogen and oxygen atoms in total. The monoisotopic (exact) mass is 472 g/mol. The zero-order valence-electron chi connectivity index (χ0n) is 18.7. The number of nitrogens with zero attached hydrogens (tertiary/aromatic N) is 2. The van der Waals surface area contributed by atoms with E-state index >= 15 is 0 Å². The van der Waals surface area contributed by atoms with Crippen LogP contribution in [-0.2, 0) is 16.1 Å². The normalized spacial score (nSPS) is 20.0. The lowest BCUT2D eigenvalue weighted by atomic mass is 9.89. The molecule has 0 saturated carbocycles. The topological polar surface area (TPSA) is 102 Å². The van der Waals surface area contributed by atoms with Crippen molar-refractivity contribution in [2.24, 2.45) is 0 Å². The van der Waals surface area contributed by atoms with Gasteiger partial charge in [0.15, 0.2) is 0 Å². The maximum absolute atomic E-state index is 12.2. The van der Waals surface area contributed by atoms with Crippen LogP contribution in [0.5, 0.6) is 0 Å². The largest absolute Gasteiger partial charge is 0.465 e. The molecule has 176 valence electrons. The summed E-state index contributed by atoms with van der Waals surface area (Å²) in [6.07, 6.45) is -0.568. The van der Waals surface area contributed by atoms with E-state index in [1.807, 2.05) is 54.3 Å². The Bertz CT molecular complexity index is 1040. The smallest absolute Gasteiger partial charge is 0.405 e. The molecule has 2 atom stereocenters. The van der Waals surface area contributed by atoms with Crippen molar-refractivity contribution in [3.63, 3.8) is 0 Å². The number of halogens is 1. The molecule has 0 unspecified atom stereocenters. The summed E-state index contributed by atoms with van der Waals surface area (Å²) < 4.78 is 0. The van der Waals surface area contributed by atoms with Gasteiger partial charge in [0.1, 0.15) is 0 Å². The van der Waals surface area contributed by atoms with Crippen molar-refractivity contribution < 1.29 is 19.5 Å². The van der Waals surface area contributed by atoms with Crippen molar-refractivity contribution in [2.75, 3.05) is 24.5 Å². The minimum atomic E-state index is -1.08. The van der Waals surface area contributed by atoms with E-state index in [0.29, 0.717) is 26.1 Å². The number of anilines is 1. The highest BCUT2D eigenvalue weighted by molar-refractivity contribution is 5.94. The van der Waals surface area contributed by atoms with E-state index in [0.717, 1.165) is 34.5 Å². The van der Waals surface area contributed by atoms with E-state index in [1.54, 1.807) is 4.90 Å². The molecular formula is C24H29ClN4O4. The molecule has 0 aromatic heterocycles. The fourth-order valence-electron chi connectivity index (χ4n) is 4.65. The average Bonchev–Trinajstić information content (AvgIpc) is 2.75. The fraction of sp³-hybridized carbons (Fsp3) is 0.375. The van der Waals surface area contributed by atoms with Crippen molar-refractivity contribution in [3.05, 3.63) is 53.6 Å². The molecule has 2 aromatic rings. The summed E-state index contributed by atoms with van der Waals surface area (Å²) in [4.78, 5) is 39.2. The van der Waals surface area contributed by atoms with Crippen molar-refractivity contribution >= 4 is 36.0 Å². The van der Waals surface area contributed by atoms with Crippen molar-refractivity contribution in [3.8, 4) is 11.1 Å². The van der Waals surface area contributed by atoms with Gasteiger partial charge in [-0.05, 0) is 47.7 Å². The molecule has 2 aromatic carbocycles. The van der Waals surface area contributed by atoms with Crippen LogP contribution in [0.2, 0.25) is 0 Å². The van der Waals surface area contributed by atoms with Gasteiger partial charge in [0.05, 0.1) is 12.6 Å². The van der Waals surface area contributed by atoms with Crippen molar-refractivity contribution in [2.45, 2.75) is 38.9 Å². The summed E-state index contributed by atoms with van der Waals surface area (Å²) in [6, 6.07) is 13.4. The molecule has 2 aliphatic rings. The minimum absolute atomic E-state index is 0. The Morgan fingerprint density at radius 2 is 1.85 bits per heavy atom. The second-order valence-electron chi connectivity index (χ2n) is 8.44. The predicted octanol–water partition coefficient (Wildman–Crippen LogP) is 3.16. The number of benzene rings is 2. The molecule has 0 spiro atoms. The molecular weight excluding hydrogens is 444 g/mol. The van der Waals surface area contributed by atoms with Crippen LogP contribution < -0.4 is 15.5 Å². The van der Waals surface area contributed by atoms with Crippen molar-refractivity contribution in [1.82, 2.24) is 15.5 Å². The van der Waals surface area contributed by atoms with Gasteiger partial charge in [-0.15, -0.1) is 12.4 Å². The van der Waals surface area contributed by atoms with Crippen LogP contribution in [0.4, 0.5) is 10.5 Å². The highest BCUT2D eigenvalue weighted by Crippen LogP contribution is 2.39. The summed E-state index contributed by atoms with van der Waals surface area (Å²) >= 11 is 0. The van der Waals surface area contributed by atoms with Crippen molar-refractivity contribution in [1.29, 1.82) is 0 Å². The third-order valence-electron chi connectivity index (χ3n) is 6.17. The second-order valence-corrected chi connectivity index (χ2v) is 8.44. The molecule has 0 aliphatic carbocycles. The number of carbonyl (C=O) groups excluding carboxylic acids is 2. The summed E-state index contributed by atoms with van der Waals surface area (Å²) in [5.41, 5.74) is 4.54. The van der Waals surface area contributed by atoms with E-state index in [4.69, 9.17) is 0 Å². The first-order chi connectivity index (χ1) is 15.3. The molecule has 2 aliphatic heterocycles. The third kappa shape index (κ3) is 5.29. The van der Waals surface area contributed by atoms with E-state index < -0.39 is 6.09 Å². The predicted molar refractivity (Wildman–Crippen MR) is 129 cm³/mol. The molecule has 1 saturated heterocycles. The Hall–Kier alpha value is -3.10. The Morgan fingerprint density at radius 3 is 2.48 bits per heavy atom. The van der Waals surface area contributed by atoms with Crippen LogP contribution in [0.15, 0.2) is 42.5 Å². The summed E-state index contributed by atoms with van der Waals surface area (Å²) in [5, 5.41) is 15.0. The zero-order valence-corrected chi connectivity index (χ0v) is 19.5. The molecule has 0 bridgehead atoms. The Labute approximate surface area is 199 Å². The lowest BCUT2D eigenvalue weighted by Gasteiger charge is -2.39. The molecule has 9 heteroatoms. The van der Waals surface area contributed by atoms with Crippen LogP contribution in [-0.4, -0.2) is 53.6 Å². The van der Waals surface area contributed by atoms with Gasteiger partial charge in [0.25, 0.3) is 0 Å². The number of rotatable bonds is 4. The van der Waals surface area contributed by atoms with Gasteiger partial charge in [-0.1, -0.05) is 30.3 Å². The molecule has 2 heterocycles. The number of carboxylic acid groups (broad SMARTS) is 1. The van der Waals surface area contributed by atoms with Crippen LogP contribution in [0.3, 0.4) is 0 Å². The first-order valence-corrected chi connectivity index (χ1v) is 10.8. The van der Waals surface area contributed by atoms with Gasteiger partial charge >= 0.3 is 6.09 Å². The second kappa shape index (κ2) is 10.2. The molecule has 33 heavy (non-hydrogen) atoms.